The number of nitrogens with two attached hydrogens (primary N) is 1. The fourth-order valence-corrected chi connectivity index (χ4v) is 2.40. The molecule has 0 saturated heterocycles. The van der Waals surface area contributed by atoms with Gasteiger partial charge in [-0.05, 0) is 19.1 Å². The third kappa shape index (κ3) is 3.63. The van der Waals surface area contributed by atoms with E-state index in [1.165, 1.54) is 11.3 Å². The van der Waals surface area contributed by atoms with E-state index in [0.717, 1.165) is 9.21 Å². The van der Waals surface area contributed by atoms with Crippen molar-refractivity contribution in [3.63, 3.8) is 0 Å². The highest BCUT2D eigenvalue weighted by molar-refractivity contribution is 7.16. The van der Waals surface area contributed by atoms with Gasteiger partial charge in [-0.3, -0.25) is 4.79 Å². The third-order valence-corrected chi connectivity index (χ3v) is 3.24. The number of carbonyl (C=O) groups excluding carboxylic acids is 1. The minimum Gasteiger partial charge on any atom is -0.333 e. The smallest absolute Gasteiger partial charge is 0.239 e. The van der Waals surface area contributed by atoms with Crippen molar-refractivity contribution >= 4 is 28.8 Å². The van der Waals surface area contributed by atoms with E-state index in [1.807, 2.05) is 12.1 Å². The Morgan fingerprint density at radius 1 is 1.75 bits per heavy atom. The number of carbonyl (C=O) groups is 1. The van der Waals surface area contributed by atoms with E-state index in [1.54, 1.807) is 17.9 Å². The van der Waals surface area contributed by atoms with E-state index in [0.29, 0.717) is 13.1 Å². The molecule has 0 radical (unpaired) electrons. The minimum absolute atomic E-state index is 0.0792. The Balaban J connectivity index is 2.71. The Labute approximate surface area is 105 Å². The number of amides is 1. The van der Waals surface area contributed by atoms with Gasteiger partial charge in [0.25, 0.3) is 0 Å². The lowest BCUT2D eigenvalue weighted by Gasteiger charge is -2.22. The van der Waals surface area contributed by atoms with Crippen molar-refractivity contribution in [3.8, 4) is 0 Å². The number of nitrogens with zero attached hydrogens (tertiary/aromatic N) is 1. The molecule has 3 nitrogen and oxygen atoms in total. The van der Waals surface area contributed by atoms with Gasteiger partial charge in [0, 0.05) is 11.4 Å². The first-order chi connectivity index (χ1) is 7.54. The van der Waals surface area contributed by atoms with E-state index >= 15 is 0 Å². The lowest BCUT2D eigenvalue weighted by molar-refractivity contribution is -0.132. The Kier molecular flexibility index (Phi) is 4.99. The van der Waals surface area contributed by atoms with Crippen LogP contribution in [0.25, 0.3) is 0 Å². The van der Waals surface area contributed by atoms with Crippen LogP contribution in [0.5, 0.6) is 0 Å². The summed E-state index contributed by atoms with van der Waals surface area (Å²) in [5.74, 6) is -0.0792. The second kappa shape index (κ2) is 6.03. The predicted octanol–water partition coefficient (Wildman–Crippen LogP) is 2.26. The third-order valence-electron chi connectivity index (χ3n) is 2.03. The molecule has 0 fully saturated rings. The summed E-state index contributed by atoms with van der Waals surface area (Å²) in [5.41, 5.74) is 5.58. The molecule has 88 valence electrons. The molecule has 0 saturated carbocycles. The number of hydrogen-bond acceptors (Lipinski definition) is 3. The summed E-state index contributed by atoms with van der Waals surface area (Å²) in [5, 5.41) is 0. The van der Waals surface area contributed by atoms with Gasteiger partial charge in [0.05, 0.1) is 16.9 Å². The van der Waals surface area contributed by atoms with Crippen LogP contribution in [0.3, 0.4) is 0 Å². The van der Waals surface area contributed by atoms with E-state index in [9.17, 15) is 4.79 Å². The zero-order valence-electron chi connectivity index (χ0n) is 9.15. The van der Waals surface area contributed by atoms with E-state index in [-0.39, 0.29) is 5.91 Å². The number of rotatable bonds is 5. The predicted molar refractivity (Wildman–Crippen MR) is 68.6 cm³/mol. The monoisotopic (exact) mass is 258 g/mol. The molecule has 0 aliphatic rings. The quantitative estimate of drug-likeness (QED) is 0.824. The molecule has 1 heterocycles. The lowest BCUT2D eigenvalue weighted by Crippen LogP contribution is -2.41. The molecule has 0 aromatic carbocycles. The molecule has 0 aliphatic carbocycles. The molecule has 0 unspecified atom stereocenters. The highest BCUT2D eigenvalue weighted by Crippen LogP contribution is 2.22. The van der Waals surface area contributed by atoms with Gasteiger partial charge in [-0.25, -0.2) is 0 Å². The Morgan fingerprint density at radius 3 is 2.88 bits per heavy atom. The van der Waals surface area contributed by atoms with E-state index in [4.69, 9.17) is 17.3 Å². The SMILES string of the molecule is C=CCN(Cc1ccc(Cl)s1)C(=O)[C@H](C)N. The molecule has 0 bridgehead atoms. The first-order valence-electron chi connectivity index (χ1n) is 4.94. The summed E-state index contributed by atoms with van der Waals surface area (Å²) in [6, 6.07) is 3.25. The second-order valence-corrected chi connectivity index (χ2v) is 5.30. The zero-order chi connectivity index (χ0) is 12.1. The van der Waals surface area contributed by atoms with Crippen LogP contribution in [0.1, 0.15) is 11.8 Å². The summed E-state index contributed by atoms with van der Waals surface area (Å²) in [7, 11) is 0. The normalized spacial score (nSPS) is 12.2. The maximum Gasteiger partial charge on any atom is 0.239 e. The molecule has 0 aliphatic heterocycles. The second-order valence-electron chi connectivity index (χ2n) is 3.50. The Bertz CT molecular complexity index is 376. The van der Waals surface area contributed by atoms with Crippen LogP contribution in [-0.2, 0) is 11.3 Å². The number of halogens is 1. The van der Waals surface area contributed by atoms with Crippen molar-refractivity contribution in [3.05, 3.63) is 34.0 Å². The largest absolute Gasteiger partial charge is 0.333 e. The van der Waals surface area contributed by atoms with Crippen LogP contribution in [0.2, 0.25) is 4.34 Å². The molecular formula is C11H15ClN2OS. The van der Waals surface area contributed by atoms with Crippen LogP contribution in [0.4, 0.5) is 0 Å². The summed E-state index contributed by atoms with van der Waals surface area (Å²) < 4.78 is 0.724. The van der Waals surface area contributed by atoms with Gasteiger partial charge in [-0.2, -0.15) is 0 Å². The van der Waals surface area contributed by atoms with E-state index in [2.05, 4.69) is 6.58 Å². The van der Waals surface area contributed by atoms with Crippen LogP contribution in [0, 0.1) is 0 Å². The number of thiophene rings is 1. The van der Waals surface area contributed by atoms with Crippen molar-refractivity contribution in [1.82, 2.24) is 4.90 Å². The molecular weight excluding hydrogens is 244 g/mol. The maximum atomic E-state index is 11.8. The average Bonchev–Trinajstić information content (AvgIpc) is 2.62. The van der Waals surface area contributed by atoms with Gasteiger partial charge in [0.15, 0.2) is 0 Å². The van der Waals surface area contributed by atoms with Gasteiger partial charge in [-0.15, -0.1) is 17.9 Å². The fraction of sp³-hybridized carbons (Fsp3) is 0.364. The molecule has 2 N–H and O–H groups in total. The lowest BCUT2D eigenvalue weighted by atomic mass is 10.3. The molecule has 1 atom stereocenters. The van der Waals surface area contributed by atoms with Gasteiger partial charge in [0.1, 0.15) is 0 Å². The molecule has 16 heavy (non-hydrogen) atoms. The highest BCUT2D eigenvalue weighted by Gasteiger charge is 2.17. The first kappa shape index (κ1) is 13.2. The molecule has 1 aromatic rings. The Hall–Kier alpha value is -0.840. The fourth-order valence-electron chi connectivity index (χ4n) is 1.30. The van der Waals surface area contributed by atoms with Crippen molar-refractivity contribution in [2.75, 3.05) is 6.54 Å². The van der Waals surface area contributed by atoms with Gasteiger partial charge in [0.2, 0.25) is 5.91 Å². The molecule has 1 aromatic heterocycles. The summed E-state index contributed by atoms with van der Waals surface area (Å²) in [4.78, 5) is 14.5. The molecule has 5 heteroatoms. The minimum atomic E-state index is -0.490. The van der Waals surface area contributed by atoms with Gasteiger partial charge < -0.3 is 10.6 Å². The average molecular weight is 259 g/mol. The van der Waals surface area contributed by atoms with Crippen LogP contribution >= 0.6 is 22.9 Å². The van der Waals surface area contributed by atoms with Crippen molar-refractivity contribution in [2.45, 2.75) is 19.5 Å². The van der Waals surface area contributed by atoms with Gasteiger partial charge >= 0.3 is 0 Å². The van der Waals surface area contributed by atoms with Crippen LogP contribution < -0.4 is 5.73 Å². The molecule has 1 rings (SSSR count). The zero-order valence-corrected chi connectivity index (χ0v) is 10.7. The summed E-state index contributed by atoms with van der Waals surface area (Å²) >= 11 is 7.30. The first-order valence-corrected chi connectivity index (χ1v) is 6.13. The summed E-state index contributed by atoms with van der Waals surface area (Å²) in [6.07, 6.45) is 1.69. The molecule has 1 amide bonds. The summed E-state index contributed by atoms with van der Waals surface area (Å²) in [6.45, 7) is 6.34. The van der Waals surface area contributed by atoms with Crippen molar-refractivity contribution in [1.29, 1.82) is 0 Å². The van der Waals surface area contributed by atoms with Crippen molar-refractivity contribution in [2.24, 2.45) is 5.73 Å². The maximum absolute atomic E-state index is 11.8. The highest BCUT2D eigenvalue weighted by atomic mass is 35.5. The Morgan fingerprint density at radius 2 is 2.44 bits per heavy atom. The molecule has 0 spiro atoms. The van der Waals surface area contributed by atoms with Crippen molar-refractivity contribution < 1.29 is 4.79 Å². The van der Waals surface area contributed by atoms with Crippen LogP contribution in [-0.4, -0.2) is 23.4 Å². The standard InChI is InChI=1S/C11H15ClN2OS/c1-3-6-14(11(15)8(2)13)7-9-4-5-10(12)16-9/h3-5,8H,1,6-7,13H2,2H3/t8-/m0/s1. The van der Waals surface area contributed by atoms with Crippen LogP contribution in [0.15, 0.2) is 24.8 Å². The van der Waals surface area contributed by atoms with E-state index < -0.39 is 6.04 Å². The van der Waals surface area contributed by atoms with Gasteiger partial charge in [-0.1, -0.05) is 17.7 Å². The topological polar surface area (TPSA) is 46.3 Å². The number of hydrogen-bond donors (Lipinski definition) is 1.